The van der Waals surface area contributed by atoms with Crippen LogP contribution < -0.4 is 14.8 Å². The fourth-order valence-corrected chi connectivity index (χ4v) is 4.50. The van der Waals surface area contributed by atoms with E-state index in [2.05, 4.69) is 16.3 Å². The van der Waals surface area contributed by atoms with E-state index >= 15 is 0 Å². The number of β-amino-alcohol motifs (C(OH)–C–C–N with tert-alkyl or cyclic N) is 1. The van der Waals surface area contributed by atoms with Gasteiger partial charge in [0.05, 0.1) is 13.2 Å². The Bertz CT molecular complexity index is 611. The van der Waals surface area contributed by atoms with Gasteiger partial charge >= 0.3 is 0 Å². The van der Waals surface area contributed by atoms with Crippen molar-refractivity contribution in [2.45, 2.75) is 82.6 Å². The van der Waals surface area contributed by atoms with Crippen LogP contribution in [0.25, 0.3) is 0 Å². The van der Waals surface area contributed by atoms with Crippen LogP contribution in [-0.4, -0.2) is 66.7 Å². The van der Waals surface area contributed by atoms with Crippen molar-refractivity contribution in [2.24, 2.45) is 0 Å². The van der Waals surface area contributed by atoms with Crippen molar-refractivity contribution in [3.8, 4) is 11.5 Å². The minimum Gasteiger partial charge on any atom is -0.493 e. The Kier molecular flexibility index (Phi) is 9.72. The summed E-state index contributed by atoms with van der Waals surface area (Å²) in [5, 5.41) is 23.7. The third kappa shape index (κ3) is 7.73. The standard InChI is InChI=1S/C24H40N2O4/c1-29-24-15-19(16-25-20-7-5-3-2-4-6-8-20)9-10-23(24)30-18-22(28)17-26-13-11-21(27)12-14-26/h9-10,15,20-22,25,27-28H,2-8,11-14,16-18H2,1H3. The van der Waals surface area contributed by atoms with Crippen LogP contribution in [0.5, 0.6) is 11.5 Å². The maximum atomic E-state index is 10.3. The minimum absolute atomic E-state index is 0.195. The Morgan fingerprint density at radius 2 is 1.73 bits per heavy atom. The summed E-state index contributed by atoms with van der Waals surface area (Å²) < 4.78 is 11.4. The number of methoxy groups -OCH3 is 1. The molecule has 6 nitrogen and oxygen atoms in total. The van der Waals surface area contributed by atoms with Gasteiger partial charge in [-0.15, -0.1) is 0 Å². The molecule has 2 aliphatic rings. The molecule has 1 aromatic carbocycles. The fraction of sp³-hybridized carbons (Fsp3) is 0.750. The van der Waals surface area contributed by atoms with Gasteiger partial charge in [-0.25, -0.2) is 0 Å². The van der Waals surface area contributed by atoms with E-state index in [0.717, 1.165) is 32.5 Å². The van der Waals surface area contributed by atoms with Crippen LogP contribution in [0.15, 0.2) is 18.2 Å². The Labute approximate surface area is 181 Å². The molecule has 1 aromatic rings. The molecule has 170 valence electrons. The third-order valence-electron chi connectivity index (χ3n) is 6.39. The molecule has 3 N–H and O–H groups in total. The summed E-state index contributed by atoms with van der Waals surface area (Å²) in [5.74, 6) is 1.38. The monoisotopic (exact) mass is 420 g/mol. The molecule has 1 aliphatic heterocycles. The van der Waals surface area contributed by atoms with Gasteiger partial charge in [-0.05, 0) is 43.4 Å². The molecule has 0 bridgehead atoms. The summed E-state index contributed by atoms with van der Waals surface area (Å²) in [4.78, 5) is 2.18. The first-order chi connectivity index (χ1) is 14.6. The highest BCUT2D eigenvalue weighted by molar-refractivity contribution is 5.43. The summed E-state index contributed by atoms with van der Waals surface area (Å²) >= 11 is 0. The molecule has 2 fully saturated rings. The van der Waals surface area contributed by atoms with Crippen LogP contribution in [0.3, 0.4) is 0 Å². The van der Waals surface area contributed by atoms with Crippen molar-refractivity contribution in [1.29, 1.82) is 0 Å². The van der Waals surface area contributed by atoms with E-state index in [1.165, 1.54) is 50.5 Å². The topological polar surface area (TPSA) is 74.2 Å². The van der Waals surface area contributed by atoms with Crippen molar-refractivity contribution in [1.82, 2.24) is 10.2 Å². The molecule has 0 amide bonds. The molecule has 3 rings (SSSR count). The molecular weight excluding hydrogens is 380 g/mol. The van der Waals surface area contributed by atoms with Gasteiger partial charge in [0.1, 0.15) is 12.7 Å². The maximum Gasteiger partial charge on any atom is 0.161 e. The highest BCUT2D eigenvalue weighted by atomic mass is 16.5. The van der Waals surface area contributed by atoms with E-state index in [4.69, 9.17) is 9.47 Å². The number of rotatable bonds is 9. The van der Waals surface area contributed by atoms with Crippen LogP contribution >= 0.6 is 0 Å². The van der Waals surface area contributed by atoms with Crippen molar-refractivity contribution >= 4 is 0 Å². The van der Waals surface area contributed by atoms with Crippen molar-refractivity contribution in [3.05, 3.63) is 23.8 Å². The number of likely N-dealkylation sites (tertiary alicyclic amines) is 1. The smallest absolute Gasteiger partial charge is 0.161 e. The number of nitrogens with one attached hydrogen (secondary N) is 1. The van der Waals surface area contributed by atoms with Crippen molar-refractivity contribution in [3.63, 3.8) is 0 Å². The highest BCUT2D eigenvalue weighted by Gasteiger charge is 2.20. The van der Waals surface area contributed by atoms with Crippen LogP contribution in [0, 0.1) is 0 Å². The number of aliphatic hydroxyl groups is 2. The zero-order valence-electron chi connectivity index (χ0n) is 18.5. The van der Waals surface area contributed by atoms with Crippen molar-refractivity contribution < 1.29 is 19.7 Å². The van der Waals surface area contributed by atoms with E-state index < -0.39 is 6.10 Å². The Morgan fingerprint density at radius 3 is 2.43 bits per heavy atom. The van der Waals surface area contributed by atoms with Gasteiger partial charge in [0, 0.05) is 32.2 Å². The molecule has 1 aliphatic carbocycles. The fourth-order valence-electron chi connectivity index (χ4n) is 4.50. The summed E-state index contributed by atoms with van der Waals surface area (Å²) in [6, 6.07) is 6.66. The quantitative estimate of drug-likeness (QED) is 0.570. The molecule has 0 spiro atoms. The Balaban J connectivity index is 1.45. The minimum atomic E-state index is -0.564. The molecule has 0 radical (unpaired) electrons. The van der Waals surface area contributed by atoms with Crippen LogP contribution in [0.1, 0.15) is 63.4 Å². The molecule has 0 aromatic heterocycles. The zero-order valence-corrected chi connectivity index (χ0v) is 18.5. The average Bonchev–Trinajstić information content (AvgIpc) is 2.73. The third-order valence-corrected chi connectivity index (χ3v) is 6.39. The molecule has 30 heavy (non-hydrogen) atoms. The van der Waals surface area contributed by atoms with Gasteiger partial charge in [-0.3, -0.25) is 0 Å². The van der Waals surface area contributed by atoms with E-state index in [-0.39, 0.29) is 12.7 Å². The molecule has 1 saturated heterocycles. The van der Waals surface area contributed by atoms with Gasteiger partial charge in [0.15, 0.2) is 11.5 Å². The van der Waals surface area contributed by atoms with Gasteiger partial charge in [0.25, 0.3) is 0 Å². The number of piperidine rings is 1. The van der Waals surface area contributed by atoms with Gasteiger partial charge in [0.2, 0.25) is 0 Å². The van der Waals surface area contributed by atoms with Crippen LogP contribution in [-0.2, 0) is 6.54 Å². The second-order valence-corrected chi connectivity index (χ2v) is 8.90. The molecular formula is C24H40N2O4. The second-order valence-electron chi connectivity index (χ2n) is 8.90. The normalized spacial score (nSPS) is 21.0. The Morgan fingerprint density at radius 1 is 1.03 bits per heavy atom. The first-order valence-corrected chi connectivity index (χ1v) is 11.8. The number of nitrogens with zero attached hydrogens (tertiary/aromatic N) is 1. The van der Waals surface area contributed by atoms with Crippen molar-refractivity contribution in [2.75, 3.05) is 33.4 Å². The van der Waals surface area contributed by atoms with Crippen LogP contribution in [0.4, 0.5) is 0 Å². The molecule has 6 heteroatoms. The zero-order chi connectivity index (χ0) is 21.2. The molecule has 1 unspecified atom stereocenters. The summed E-state index contributed by atoms with van der Waals surface area (Å²) in [5.41, 5.74) is 1.19. The largest absolute Gasteiger partial charge is 0.493 e. The van der Waals surface area contributed by atoms with E-state index in [1.807, 2.05) is 12.1 Å². The van der Waals surface area contributed by atoms with Gasteiger partial charge in [-0.1, -0.05) is 38.2 Å². The summed E-state index contributed by atoms with van der Waals surface area (Å²) in [7, 11) is 1.66. The molecule has 1 saturated carbocycles. The van der Waals surface area contributed by atoms with Gasteiger partial charge < -0.3 is 29.9 Å². The summed E-state index contributed by atoms with van der Waals surface area (Å²) in [6.45, 7) is 3.28. The molecule has 1 atom stereocenters. The lowest BCUT2D eigenvalue weighted by Crippen LogP contribution is -2.41. The van der Waals surface area contributed by atoms with Crippen LogP contribution in [0.2, 0.25) is 0 Å². The number of benzene rings is 1. The SMILES string of the molecule is COc1cc(CNC2CCCCCCC2)ccc1OCC(O)CN1CCC(O)CC1. The summed E-state index contributed by atoms with van der Waals surface area (Å²) in [6.07, 6.45) is 10.1. The number of hydrogen-bond donors (Lipinski definition) is 3. The maximum absolute atomic E-state index is 10.3. The Hall–Kier alpha value is -1.34. The van der Waals surface area contributed by atoms with E-state index in [1.54, 1.807) is 7.11 Å². The predicted octanol–water partition coefficient (Wildman–Crippen LogP) is 3.09. The first kappa shape index (κ1) is 23.3. The lowest BCUT2D eigenvalue weighted by atomic mass is 9.96. The second kappa shape index (κ2) is 12.5. The average molecular weight is 421 g/mol. The number of ether oxygens (including phenoxy) is 2. The van der Waals surface area contributed by atoms with E-state index in [0.29, 0.717) is 24.1 Å². The lowest BCUT2D eigenvalue weighted by molar-refractivity contribution is 0.0333. The predicted molar refractivity (Wildman–Crippen MR) is 119 cm³/mol. The first-order valence-electron chi connectivity index (χ1n) is 11.8. The van der Waals surface area contributed by atoms with E-state index in [9.17, 15) is 10.2 Å². The number of hydrogen-bond acceptors (Lipinski definition) is 6. The lowest BCUT2D eigenvalue weighted by Gasteiger charge is -2.30. The number of aliphatic hydroxyl groups excluding tert-OH is 2. The molecule has 1 heterocycles. The van der Waals surface area contributed by atoms with Gasteiger partial charge in [-0.2, -0.15) is 0 Å². The highest BCUT2D eigenvalue weighted by Crippen LogP contribution is 2.28.